The summed E-state index contributed by atoms with van der Waals surface area (Å²) < 4.78 is 39.9. The summed E-state index contributed by atoms with van der Waals surface area (Å²) in [6.45, 7) is 1.82. The van der Waals surface area contributed by atoms with E-state index in [0.717, 1.165) is 17.8 Å². The number of hydrogen-bond donors (Lipinski definition) is 2. The zero-order valence-electron chi connectivity index (χ0n) is 13.8. The molecular formula is C18H16F3N4O+. The molecule has 0 saturated heterocycles. The normalized spacial score (nSPS) is 11.4. The van der Waals surface area contributed by atoms with E-state index in [1.807, 2.05) is 6.92 Å². The van der Waals surface area contributed by atoms with Gasteiger partial charge in [0.05, 0.1) is 12.0 Å². The Morgan fingerprint density at radius 2 is 2.00 bits per heavy atom. The number of H-pyrrole nitrogens is 1. The molecule has 1 aromatic carbocycles. The van der Waals surface area contributed by atoms with E-state index in [1.165, 1.54) is 12.1 Å². The van der Waals surface area contributed by atoms with Gasteiger partial charge in [0.25, 0.3) is 17.5 Å². The number of aryl methyl sites for hydroxylation is 1. The SMILES string of the molecule is Cc1cc(NC(=O)Cc2cccc(C(F)(F)F)c2)[n+](-c2ccccn2)[nH]1. The van der Waals surface area contributed by atoms with E-state index in [4.69, 9.17) is 0 Å². The molecule has 0 fully saturated rings. The fourth-order valence-electron chi connectivity index (χ4n) is 2.53. The average molecular weight is 361 g/mol. The van der Waals surface area contributed by atoms with Crippen molar-refractivity contribution in [2.75, 3.05) is 5.32 Å². The summed E-state index contributed by atoms with van der Waals surface area (Å²) in [5.41, 5.74) is 0.308. The van der Waals surface area contributed by atoms with Gasteiger partial charge < -0.3 is 0 Å². The molecule has 2 heterocycles. The summed E-state index contributed by atoms with van der Waals surface area (Å²) in [5.74, 6) is 0.612. The zero-order valence-corrected chi connectivity index (χ0v) is 13.8. The Morgan fingerprint density at radius 1 is 1.19 bits per heavy atom. The van der Waals surface area contributed by atoms with Gasteiger partial charge in [0.15, 0.2) is 0 Å². The monoisotopic (exact) mass is 361 g/mol. The molecule has 5 nitrogen and oxygen atoms in total. The number of hydrogen-bond acceptors (Lipinski definition) is 2. The Hall–Kier alpha value is -3.16. The molecule has 134 valence electrons. The van der Waals surface area contributed by atoms with Gasteiger partial charge in [-0.1, -0.05) is 24.3 Å². The van der Waals surface area contributed by atoms with Gasteiger partial charge in [-0.25, -0.2) is 10.4 Å². The molecule has 26 heavy (non-hydrogen) atoms. The van der Waals surface area contributed by atoms with Crippen LogP contribution in [0.1, 0.15) is 16.8 Å². The van der Waals surface area contributed by atoms with Crippen LogP contribution >= 0.6 is 0 Å². The van der Waals surface area contributed by atoms with Crippen molar-refractivity contribution in [3.63, 3.8) is 0 Å². The highest BCUT2D eigenvalue weighted by atomic mass is 19.4. The zero-order chi connectivity index (χ0) is 18.7. The van der Waals surface area contributed by atoms with Gasteiger partial charge in [-0.05, 0) is 24.6 Å². The van der Waals surface area contributed by atoms with Crippen molar-refractivity contribution in [3.05, 3.63) is 71.5 Å². The molecule has 0 unspecified atom stereocenters. The van der Waals surface area contributed by atoms with Gasteiger partial charge in [-0.15, -0.1) is 9.67 Å². The number of aromatic nitrogens is 3. The predicted molar refractivity (Wildman–Crippen MR) is 88.6 cm³/mol. The maximum atomic E-state index is 12.8. The third kappa shape index (κ3) is 4.08. The van der Waals surface area contributed by atoms with E-state index in [2.05, 4.69) is 15.4 Å². The molecular weight excluding hydrogens is 345 g/mol. The molecule has 3 rings (SSSR count). The van der Waals surface area contributed by atoms with Gasteiger partial charge in [0, 0.05) is 17.8 Å². The predicted octanol–water partition coefficient (Wildman–Crippen LogP) is 3.19. The molecule has 0 spiro atoms. The van der Waals surface area contributed by atoms with Crippen LogP contribution in [0.5, 0.6) is 0 Å². The van der Waals surface area contributed by atoms with Gasteiger partial charge in [0.2, 0.25) is 0 Å². The molecule has 0 atom stereocenters. The number of nitrogens with zero attached hydrogens (tertiary/aromatic N) is 2. The van der Waals surface area contributed by atoms with Crippen LogP contribution < -0.4 is 10.00 Å². The van der Waals surface area contributed by atoms with Crippen LogP contribution in [-0.4, -0.2) is 16.0 Å². The number of rotatable bonds is 4. The minimum Gasteiger partial charge on any atom is -0.256 e. The number of nitrogens with one attached hydrogen (secondary N) is 2. The van der Waals surface area contributed by atoms with Crippen molar-refractivity contribution < 1.29 is 22.6 Å². The van der Waals surface area contributed by atoms with E-state index < -0.39 is 17.6 Å². The number of pyridine rings is 1. The second-order valence-electron chi connectivity index (χ2n) is 5.77. The third-order valence-electron chi connectivity index (χ3n) is 3.65. The largest absolute Gasteiger partial charge is 0.416 e. The van der Waals surface area contributed by atoms with Gasteiger partial charge in [-0.2, -0.15) is 13.2 Å². The highest BCUT2D eigenvalue weighted by Gasteiger charge is 2.30. The van der Waals surface area contributed by atoms with Crippen molar-refractivity contribution in [1.82, 2.24) is 10.1 Å². The molecule has 2 N–H and O–H groups in total. The molecule has 8 heteroatoms. The van der Waals surface area contributed by atoms with Crippen LogP contribution in [0.15, 0.2) is 54.7 Å². The lowest BCUT2D eigenvalue weighted by Gasteiger charge is -2.08. The molecule has 3 aromatic rings. The van der Waals surface area contributed by atoms with Crippen LogP contribution in [0.2, 0.25) is 0 Å². The summed E-state index contributed by atoms with van der Waals surface area (Å²) in [6, 6.07) is 11.8. The molecule has 0 aliphatic heterocycles. The summed E-state index contributed by atoms with van der Waals surface area (Å²) in [7, 11) is 0. The van der Waals surface area contributed by atoms with E-state index >= 15 is 0 Å². The molecule has 2 aromatic heterocycles. The van der Waals surface area contributed by atoms with Crippen LogP contribution in [0, 0.1) is 6.92 Å². The molecule has 0 radical (unpaired) electrons. The highest BCUT2D eigenvalue weighted by Crippen LogP contribution is 2.29. The lowest BCUT2D eigenvalue weighted by atomic mass is 10.1. The van der Waals surface area contributed by atoms with Crippen molar-refractivity contribution in [2.24, 2.45) is 0 Å². The summed E-state index contributed by atoms with van der Waals surface area (Å²) >= 11 is 0. The lowest BCUT2D eigenvalue weighted by molar-refractivity contribution is -0.645. The second-order valence-corrected chi connectivity index (χ2v) is 5.77. The van der Waals surface area contributed by atoms with Crippen LogP contribution in [0.25, 0.3) is 5.82 Å². The fourth-order valence-corrected chi connectivity index (χ4v) is 2.53. The number of alkyl halides is 3. The Labute approximate surface area is 147 Å². The van der Waals surface area contributed by atoms with Crippen molar-refractivity contribution in [3.8, 4) is 5.82 Å². The first-order valence-corrected chi connectivity index (χ1v) is 7.82. The summed E-state index contributed by atoms with van der Waals surface area (Å²) in [4.78, 5) is 16.5. The second kappa shape index (κ2) is 6.99. The van der Waals surface area contributed by atoms with Crippen LogP contribution in [0.3, 0.4) is 0 Å². The first-order chi connectivity index (χ1) is 12.3. The Balaban J connectivity index is 1.78. The first-order valence-electron chi connectivity index (χ1n) is 7.82. The van der Waals surface area contributed by atoms with E-state index in [1.54, 1.807) is 35.1 Å². The highest BCUT2D eigenvalue weighted by molar-refractivity contribution is 5.90. The molecule has 0 saturated carbocycles. The summed E-state index contributed by atoms with van der Waals surface area (Å²) in [5, 5.41) is 5.76. The quantitative estimate of drug-likeness (QED) is 0.701. The minimum atomic E-state index is -4.44. The maximum Gasteiger partial charge on any atom is 0.416 e. The topological polar surface area (TPSA) is 61.7 Å². The standard InChI is InChI=1S/C18H15F3N4O/c1-12-9-16(25(24-12)15-7-2-3-8-22-15)23-17(26)11-13-5-4-6-14(10-13)18(19,20)21/h2-10H,11H2,1H3,(H,23,24,26)/p+1. The number of carbonyl (C=O) groups is 1. The Morgan fingerprint density at radius 3 is 2.69 bits per heavy atom. The number of halogens is 3. The Kier molecular flexibility index (Phi) is 4.75. The van der Waals surface area contributed by atoms with Crippen molar-refractivity contribution in [1.29, 1.82) is 0 Å². The minimum absolute atomic E-state index is 0.170. The van der Waals surface area contributed by atoms with Crippen LogP contribution in [-0.2, 0) is 17.4 Å². The average Bonchev–Trinajstić information content (AvgIpc) is 2.95. The lowest BCUT2D eigenvalue weighted by Crippen LogP contribution is -2.38. The van der Waals surface area contributed by atoms with Crippen molar-refractivity contribution in [2.45, 2.75) is 19.5 Å². The third-order valence-corrected chi connectivity index (χ3v) is 3.65. The summed E-state index contributed by atoms with van der Waals surface area (Å²) in [6.07, 6.45) is -2.99. The number of anilines is 1. The van der Waals surface area contributed by atoms with Crippen molar-refractivity contribution >= 4 is 11.7 Å². The van der Waals surface area contributed by atoms with Crippen LogP contribution in [0.4, 0.5) is 19.0 Å². The van der Waals surface area contributed by atoms with E-state index in [-0.39, 0.29) is 12.0 Å². The van der Waals surface area contributed by atoms with Gasteiger partial charge >= 0.3 is 6.18 Å². The number of benzene rings is 1. The Bertz CT molecular complexity index is 920. The number of carbonyl (C=O) groups excluding carboxylic acids is 1. The smallest absolute Gasteiger partial charge is 0.256 e. The molecule has 0 aliphatic carbocycles. The van der Waals surface area contributed by atoms with Gasteiger partial charge in [-0.3, -0.25) is 4.79 Å². The first kappa shape index (κ1) is 17.7. The van der Waals surface area contributed by atoms with E-state index in [0.29, 0.717) is 11.6 Å². The number of aromatic amines is 1. The molecule has 0 bridgehead atoms. The molecule has 0 aliphatic rings. The molecule has 1 amide bonds. The maximum absolute atomic E-state index is 12.8. The van der Waals surface area contributed by atoms with Gasteiger partial charge in [0.1, 0.15) is 6.20 Å². The van der Waals surface area contributed by atoms with E-state index in [9.17, 15) is 18.0 Å². The fraction of sp³-hybridized carbons (Fsp3) is 0.167. The number of amides is 1.